The SMILES string of the molecule is CC(O)C#Cc1ccc2c(n1)C(=O)N(Cc1ccc(-c3cnn(C)c3)cc1)C2. The van der Waals surface area contributed by atoms with Crippen LogP contribution in [0.5, 0.6) is 0 Å². The first-order valence-electron chi connectivity index (χ1n) is 9.06. The molecular formula is C22H20N4O2. The van der Waals surface area contributed by atoms with Gasteiger partial charge in [-0.2, -0.15) is 5.10 Å². The number of amides is 1. The lowest BCUT2D eigenvalue weighted by atomic mass is 10.1. The molecule has 1 aliphatic rings. The number of hydrogen-bond donors (Lipinski definition) is 1. The molecule has 28 heavy (non-hydrogen) atoms. The highest BCUT2D eigenvalue weighted by molar-refractivity contribution is 5.96. The summed E-state index contributed by atoms with van der Waals surface area (Å²) in [7, 11) is 1.89. The molecule has 1 atom stereocenters. The molecule has 6 nitrogen and oxygen atoms in total. The highest BCUT2D eigenvalue weighted by atomic mass is 16.3. The number of aliphatic hydroxyl groups is 1. The van der Waals surface area contributed by atoms with Gasteiger partial charge in [-0.05, 0) is 30.0 Å². The fourth-order valence-electron chi connectivity index (χ4n) is 3.20. The van der Waals surface area contributed by atoms with Gasteiger partial charge < -0.3 is 10.0 Å². The molecule has 1 aliphatic heterocycles. The van der Waals surface area contributed by atoms with Gasteiger partial charge in [-0.1, -0.05) is 36.3 Å². The molecule has 0 saturated carbocycles. The van der Waals surface area contributed by atoms with Crippen molar-refractivity contribution in [2.45, 2.75) is 26.1 Å². The van der Waals surface area contributed by atoms with Gasteiger partial charge in [0.15, 0.2) is 0 Å². The molecule has 0 radical (unpaired) electrons. The number of aromatic nitrogens is 3. The Balaban J connectivity index is 1.48. The van der Waals surface area contributed by atoms with E-state index in [0.29, 0.717) is 24.5 Å². The van der Waals surface area contributed by atoms with E-state index in [1.807, 2.05) is 49.8 Å². The van der Waals surface area contributed by atoms with Gasteiger partial charge in [0, 0.05) is 37.5 Å². The summed E-state index contributed by atoms with van der Waals surface area (Å²) in [6.07, 6.45) is 3.08. The van der Waals surface area contributed by atoms with Crippen molar-refractivity contribution < 1.29 is 9.90 Å². The Morgan fingerprint density at radius 3 is 2.64 bits per heavy atom. The van der Waals surface area contributed by atoms with Gasteiger partial charge in [0.2, 0.25) is 0 Å². The molecule has 0 spiro atoms. The van der Waals surface area contributed by atoms with Gasteiger partial charge in [0.25, 0.3) is 5.91 Å². The molecule has 3 aromatic rings. The van der Waals surface area contributed by atoms with Crippen LogP contribution in [0.15, 0.2) is 48.8 Å². The predicted molar refractivity (Wildman–Crippen MR) is 105 cm³/mol. The number of aliphatic hydroxyl groups excluding tert-OH is 1. The molecule has 0 aliphatic carbocycles. The van der Waals surface area contributed by atoms with E-state index in [1.54, 1.807) is 22.6 Å². The number of hydrogen-bond acceptors (Lipinski definition) is 4. The molecule has 1 amide bonds. The van der Waals surface area contributed by atoms with Gasteiger partial charge in [0.1, 0.15) is 17.5 Å². The average Bonchev–Trinajstić information content (AvgIpc) is 3.25. The second-order valence-electron chi connectivity index (χ2n) is 6.91. The zero-order valence-corrected chi connectivity index (χ0v) is 15.8. The number of fused-ring (bicyclic) bond motifs is 1. The Hall–Kier alpha value is -3.43. The number of aryl methyl sites for hydroxylation is 1. The topological polar surface area (TPSA) is 71.2 Å². The molecule has 1 N–H and O–H groups in total. The van der Waals surface area contributed by atoms with Crippen LogP contribution in [-0.4, -0.2) is 36.8 Å². The monoisotopic (exact) mass is 372 g/mol. The first-order chi connectivity index (χ1) is 13.5. The van der Waals surface area contributed by atoms with Crippen LogP contribution in [0, 0.1) is 11.8 Å². The standard InChI is InChI=1S/C22H20N4O2/c1-15(27)3-9-20-10-8-18-14-26(22(28)21(18)24-20)12-16-4-6-17(7-5-16)19-11-23-25(2)13-19/h4-8,10-11,13,15,27H,12,14H2,1-2H3. The van der Waals surface area contributed by atoms with Crippen molar-refractivity contribution in [3.63, 3.8) is 0 Å². The maximum atomic E-state index is 12.7. The van der Waals surface area contributed by atoms with Crippen LogP contribution >= 0.6 is 0 Å². The Labute approximate surface area is 163 Å². The minimum Gasteiger partial charge on any atom is -0.381 e. The minimum atomic E-state index is -0.725. The van der Waals surface area contributed by atoms with Crippen molar-refractivity contribution in [3.8, 4) is 23.0 Å². The largest absolute Gasteiger partial charge is 0.381 e. The van der Waals surface area contributed by atoms with Crippen LogP contribution in [-0.2, 0) is 20.1 Å². The van der Waals surface area contributed by atoms with E-state index in [1.165, 1.54) is 0 Å². The third-order valence-corrected chi connectivity index (χ3v) is 4.60. The van der Waals surface area contributed by atoms with E-state index in [2.05, 4.69) is 21.9 Å². The van der Waals surface area contributed by atoms with Crippen molar-refractivity contribution in [1.82, 2.24) is 19.7 Å². The minimum absolute atomic E-state index is 0.0907. The number of carbonyl (C=O) groups excluding carboxylic acids is 1. The molecule has 1 unspecified atom stereocenters. The number of rotatable bonds is 3. The molecule has 4 rings (SSSR count). The molecular weight excluding hydrogens is 352 g/mol. The summed E-state index contributed by atoms with van der Waals surface area (Å²) in [6, 6.07) is 11.8. The summed E-state index contributed by atoms with van der Waals surface area (Å²) < 4.78 is 1.77. The van der Waals surface area contributed by atoms with E-state index < -0.39 is 6.10 Å². The lowest BCUT2D eigenvalue weighted by Crippen LogP contribution is -2.23. The smallest absolute Gasteiger partial charge is 0.273 e. The fraction of sp³-hybridized carbons (Fsp3) is 0.227. The number of carbonyl (C=O) groups is 1. The van der Waals surface area contributed by atoms with Crippen molar-refractivity contribution in [3.05, 3.63) is 71.3 Å². The van der Waals surface area contributed by atoms with Crippen LogP contribution in [0.25, 0.3) is 11.1 Å². The molecule has 6 heteroatoms. The van der Waals surface area contributed by atoms with Gasteiger partial charge in [0.05, 0.1) is 6.20 Å². The van der Waals surface area contributed by atoms with E-state index >= 15 is 0 Å². The normalized spacial score (nSPS) is 13.8. The maximum absolute atomic E-state index is 12.7. The lowest BCUT2D eigenvalue weighted by Gasteiger charge is -2.15. The number of benzene rings is 1. The highest BCUT2D eigenvalue weighted by Crippen LogP contribution is 2.24. The predicted octanol–water partition coefficient (Wildman–Crippen LogP) is 2.37. The Bertz CT molecular complexity index is 1090. The molecule has 0 bridgehead atoms. The third-order valence-electron chi connectivity index (χ3n) is 4.60. The van der Waals surface area contributed by atoms with Crippen molar-refractivity contribution in [2.75, 3.05) is 0 Å². The maximum Gasteiger partial charge on any atom is 0.273 e. The second kappa shape index (κ2) is 7.29. The molecule has 3 heterocycles. The van der Waals surface area contributed by atoms with E-state index in [9.17, 15) is 9.90 Å². The van der Waals surface area contributed by atoms with E-state index in [4.69, 9.17) is 0 Å². The quantitative estimate of drug-likeness (QED) is 0.717. The summed E-state index contributed by atoms with van der Waals surface area (Å²) in [5, 5.41) is 13.5. The lowest BCUT2D eigenvalue weighted by molar-refractivity contribution is 0.0762. The first-order valence-corrected chi connectivity index (χ1v) is 9.06. The summed E-state index contributed by atoms with van der Waals surface area (Å²) in [4.78, 5) is 18.9. The number of nitrogens with zero attached hydrogens (tertiary/aromatic N) is 4. The molecule has 0 fully saturated rings. The van der Waals surface area contributed by atoms with Crippen LogP contribution in [0.3, 0.4) is 0 Å². The Morgan fingerprint density at radius 2 is 1.96 bits per heavy atom. The van der Waals surface area contributed by atoms with Crippen molar-refractivity contribution in [2.24, 2.45) is 7.05 Å². The van der Waals surface area contributed by atoms with Crippen molar-refractivity contribution >= 4 is 5.91 Å². The summed E-state index contributed by atoms with van der Waals surface area (Å²) in [5.41, 5.74) is 5.06. The van der Waals surface area contributed by atoms with Gasteiger partial charge >= 0.3 is 0 Å². The highest BCUT2D eigenvalue weighted by Gasteiger charge is 2.29. The number of pyridine rings is 1. The Kier molecular flexibility index (Phi) is 4.68. The summed E-state index contributed by atoms with van der Waals surface area (Å²) >= 11 is 0. The van der Waals surface area contributed by atoms with Gasteiger partial charge in [-0.3, -0.25) is 9.48 Å². The Morgan fingerprint density at radius 1 is 1.18 bits per heavy atom. The fourth-order valence-corrected chi connectivity index (χ4v) is 3.20. The summed E-state index contributed by atoms with van der Waals surface area (Å²) in [5.74, 6) is 5.35. The molecule has 1 aromatic carbocycles. The zero-order chi connectivity index (χ0) is 19.7. The summed E-state index contributed by atoms with van der Waals surface area (Å²) in [6.45, 7) is 2.65. The first kappa shape index (κ1) is 18.0. The zero-order valence-electron chi connectivity index (χ0n) is 15.8. The van der Waals surface area contributed by atoms with Crippen LogP contribution < -0.4 is 0 Å². The van der Waals surface area contributed by atoms with E-state index in [-0.39, 0.29) is 5.91 Å². The van der Waals surface area contributed by atoms with Crippen molar-refractivity contribution in [1.29, 1.82) is 0 Å². The van der Waals surface area contributed by atoms with Crippen LogP contribution in [0.4, 0.5) is 0 Å². The molecule has 140 valence electrons. The second-order valence-corrected chi connectivity index (χ2v) is 6.91. The molecule has 0 saturated heterocycles. The van der Waals surface area contributed by atoms with Gasteiger partial charge in [-0.15, -0.1) is 0 Å². The average molecular weight is 372 g/mol. The van der Waals surface area contributed by atoms with Crippen LogP contribution in [0.2, 0.25) is 0 Å². The van der Waals surface area contributed by atoms with E-state index in [0.717, 1.165) is 22.3 Å². The third kappa shape index (κ3) is 3.66. The molecule has 2 aromatic heterocycles. The van der Waals surface area contributed by atoms with Crippen LogP contribution in [0.1, 0.15) is 34.2 Å². The van der Waals surface area contributed by atoms with Gasteiger partial charge in [-0.25, -0.2) is 4.98 Å².